The van der Waals surface area contributed by atoms with E-state index in [4.69, 9.17) is 17.3 Å². The van der Waals surface area contributed by atoms with Crippen LogP contribution in [-0.4, -0.2) is 10.8 Å². The molecule has 1 aromatic heterocycles. The van der Waals surface area contributed by atoms with Gasteiger partial charge < -0.3 is 5.73 Å². The molecule has 4 heteroatoms. The highest BCUT2D eigenvalue weighted by molar-refractivity contribution is 6.37. The van der Waals surface area contributed by atoms with Gasteiger partial charge in [-0.25, -0.2) is 4.98 Å². The van der Waals surface area contributed by atoms with Crippen molar-refractivity contribution in [2.45, 2.75) is 39.5 Å². The standard InChI is InChI=1S/C23H23ClN2O/c1-14-4-5-16(20(27)12-23(2)8-3-9-23)11-19(14)15-6-7-18-17(10-15)13-26-22(25)21(18)24/h4-7,10-11,13H,3,8-9,12H2,1-2H3,(H2,25,26). The fourth-order valence-corrected chi connectivity index (χ4v) is 4.14. The highest BCUT2D eigenvalue weighted by Gasteiger charge is 2.34. The molecule has 0 radical (unpaired) electrons. The maximum absolute atomic E-state index is 12.8. The summed E-state index contributed by atoms with van der Waals surface area (Å²) in [6.07, 6.45) is 5.91. The first kappa shape index (κ1) is 18.0. The first-order valence-corrected chi connectivity index (χ1v) is 9.72. The van der Waals surface area contributed by atoms with E-state index in [1.165, 1.54) is 6.42 Å². The summed E-state index contributed by atoms with van der Waals surface area (Å²) in [6.45, 7) is 4.28. The lowest BCUT2D eigenvalue weighted by atomic mass is 9.67. The molecular weight excluding hydrogens is 356 g/mol. The van der Waals surface area contributed by atoms with E-state index in [2.05, 4.69) is 24.9 Å². The summed E-state index contributed by atoms with van der Waals surface area (Å²) in [6, 6.07) is 12.0. The van der Waals surface area contributed by atoms with Crippen molar-refractivity contribution < 1.29 is 4.79 Å². The van der Waals surface area contributed by atoms with Gasteiger partial charge >= 0.3 is 0 Å². The van der Waals surface area contributed by atoms with Crippen molar-refractivity contribution in [3.05, 3.63) is 58.7 Å². The van der Waals surface area contributed by atoms with Crippen LogP contribution in [0.3, 0.4) is 0 Å². The van der Waals surface area contributed by atoms with E-state index in [0.717, 1.165) is 45.9 Å². The summed E-state index contributed by atoms with van der Waals surface area (Å²) in [5.74, 6) is 0.571. The summed E-state index contributed by atoms with van der Waals surface area (Å²) in [5.41, 5.74) is 10.0. The number of hydrogen-bond donors (Lipinski definition) is 1. The Morgan fingerprint density at radius 2 is 2.00 bits per heavy atom. The molecule has 0 bridgehead atoms. The van der Waals surface area contributed by atoms with Crippen molar-refractivity contribution in [1.82, 2.24) is 4.98 Å². The minimum absolute atomic E-state index is 0.188. The van der Waals surface area contributed by atoms with Gasteiger partial charge in [-0.1, -0.05) is 49.2 Å². The second-order valence-corrected chi connectivity index (χ2v) is 8.43. The molecular formula is C23H23ClN2O. The number of halogens is 1. The van der Waals surface area contributed by atoms with Gasteiger partial charge in [-0.15, -0.1) is 0 Å². The first-order chi connectivity index (χ1) is 12.9. The van der Waals surface area contributed by atoms with Gasteiger partial charge in [-0.2, -0.15) is 0 Å². The highest BCUT2D eigenvalue weighted by atomic mass is 35.5. The number of hydrogen-bond acceptors (Lipinski definition) is 3. The molecule has 1 saturated carbocycles. The Balaban J connectivity index is 1.72. The third-order valence-corrected chi connectivity index (χ3v) is 6.27. The van der Waals surface area contributed by atoms with E-state index >= 15 is 0 Å². The van der Waals surface area contributed by atoms with E-state index < -0.39 is 0 Å². The third-order valence-electron chi connectivity index (χ3n) is 5.87. The van der Waals surface area contributed by atoms with Crippen LogP contribution in [0.5, 0.6) is 0 Å². The van der Waals surface area contributed by atoms with Crippen LogP contribution < -0.4 is 5.73 Å². The van der Waals surface area contributed by atoms with Gasteiger partial charge in [0.25, 0.3) is 0 Å². The molecule has 2 N–H and O–H groups in total. The van der Waals surface area contributed by atoms with Gasteiger partial charge in [-0.3, -0.25) is 4.79 Å². The topological polar surface area (TPSA) is 56.0 Å². The first-order valence-electron chi connectivity index (χ1n) is 9.34. The minimum atomic E-state index is 0.188. The van der Waals surface area contributed by atoms with Crippen molar-refractivity contribution in [2.24, 2.45) is 5.41 Å². The molecule has 2 aromatic carbocycles. The Labute approximate surface area is 164 Å². The van der Waals surface area contributed by atoms with Crippen LogP contribution in [-0.2, 0) is 0 Å². The number of benzene rings is 2. The number of carbonyl (C=O) groups is 1. The molecule has 0 atom stereocenters. The van der Waals surface area contributed by atoms with E-state index in [-0.39, 0.29) is 11.2 Å². The summed E-state index contributed by atoms with van der Waals surface area (Å²) in [7, 11) is 0. The second-order valence-electron chi connectivity index (χ2n) is 8.05. The molecule has 0 unspecified atom stereocenters. The van der Waals surface area contributed by atoms with Crippen LogP contribution >= 0.6 is 11.6 Å². The molecule has 138 valence electrons. The quantitative estimate of drug-likeness (QED) is 0.549. The normalized spacial score (nSPS) is 15.5. The largest absolute Gasteiger partial charge is 0.382 e. The fraction of sp³-hybridized carbons (Fsp3) is 0.304. The molecule has 3 aromatic rings. The monoisotopic (exact) mass is 378 g/mol. The summed E-state index contributed by atoms with van der Waals surface area (Å²) in [4.78, 5) is 17.0. The predicted octanol–water partition coefficient (Wildman–Crippen LogP) is 6.21. The van der Waals surface area contributed by atoms with E-state index in [0.29, 0.717) is 17.3 Å². The van der Waals surface area contributed by atoms with E-state index in [9.17, 15) is 4.79 Å². The molecule has 1 aliphatic carbocycles. The van der Waals surface area contributed by atoms with Gasteiger partial charge in [0.1, 0.15) is 5.82 Å². The average molecular weight is 379 g/mol. The summed E-state index contributed by atoms with van der Waals surface area (Å²) < 4.78 is 0. The lowest BCUT2D eigenvalue weighted by molar-refractivity contribution is 0.0816. The Bertz CT molecular complexity index is 1050. The van der Waals surface area contributed by atoms with Crippen molar-refractivity contribution >= 4 is 34.0 Å². The zero-order valence-corrected chi connectivity index (χ0v) is 16.4. The summed E-state index contributed by atoms with van der Waals surface area (Å²) in [5, 5.41) is 2.30. The van der Waals surface area contributed by atoms with E-state index in [1.807, 2.05) is 30.3 Å². The number of nitrogens with two attached hydrogens (primary N) is 1. The van der Waals surface area contributed by atoms with Crippen LogP contribution in [0.2, 0.25) is 5.02 Å². The fourth-order valence-electron chi connectivity index (χ4n) is 3.92. The zero-order chi connectivity index (χ0) is 19.2. The number of pyridine rings is 1. The number of anilines is 1. The number of rotatable bonds is 4. The molecule has 0 aliphatic heterocycles. The third kappa shape index (κ3) is 3.32. The Kier molecular flexibility index (Phi) is 4.43. The molecule has 0 amide bonds. The molecule has 4 rings (SSSR count). The van der Waals surface area contributed by atoms with Crippen molar-refractivity contribution in [3.63, 3.8) is 0 Å². The van der Waals surface area contributed by atoms with Crippen molar-refractivity contribution in [2.75, 3.05) is 5.73 Å². The second kappa shape index (κ2) is 6.65. The molecule has 27 heavy (non-hydrogen) atoms. The van der Waals surface area contributed by atoms with Crippen LogP contribution in [0.4, 0.5) is 5.82 Å². The van der Waals surface area contributed by atoms with Crippen molar-refractivity contribution in [3.8, 4) is 11.1 Å². The van der Waals surface area contributed by atoms with Crippen molar-refractivity contribution in [1.29, 1.82) is 0 Å². The van der Waals surface area contributed by atoms with Crippen LogP contribution in [0.1, 0.15) is 48.5 Å². The Morgan fingerprint density at radius 1 is 1.22 bits per heavy atom. The Hall–Kier alpha value is -2.39. The highest BCUT2D eigenvalue weighted by Crippen LogP contribution is 2.44. The van der Waals surface area contributed by atoms with Gasteiger partial charge in [0.2, 0.25) is 0 Å². The number of aromatic nitrogens is 1. The molecule has 1 fully saturated rings. The average Bonchev–Trinajstić information content (AvgIpc) is 2.63. The molecule has 0 saturated heterocycles. The van der Waals surface area contributed by atoms with Crippen LogP contribution in [0.15, 0.2) is 42.6 Å². The SMILES string of the molecule is Cc1ccc(C(=O)CC2(C)CCC2)cc1-c1ccc2c(Cl)c(N)ncc2c1. The number of nitrogen functional groups attached to an aromatic ring is 1. The van der Waals surface area contributed by atoms with Gasteiger partial charge in [0.05, 0.1) is 5.02 Å². The molecule has 0 spiro atoms. The smallest absolute Gasteiger partial charge is 0.163 e. The maximum atomic E-state index is 12.8. The maximum Gasteiger partial charge on any atom is 0.163 e. The van der Waals surface area contributed by atoms with Crippen LogP contribution in [0, 0.1) is 12.3 Å². The predicted molar refractivity (Wildman–Crippen MR) is 112 cm³/mol. The van der Waals surface area contributed by atoms with Gasteiger partial charge in [0.15, 0.2) is 5.78 Å². The number of aryl methyl sites for hydroxylation is 1. The molecule has 1 heterocycles. The number of nitrogens with zero attached hydrogens (tertiary/aromatic N) is 1. The Morgan fingerprint density at radius 3 is 2.70 bits per heavy atom. The minimum Gasteiger partial charge on any atom is -0.382 e. The molecule has 1 aliphatic rings. The zero-order valence-electron chi connectivity index (χ0n) is 15.7. The number of Topliss-reactive ketones (excluding diaryl/α,β-unsaturated/α-hetero) is 1. The van der Waals surface area contributed by atoms with Gasteiger partial charge in [-0.05, 0) is 54.0 Å². The lowest BCUT2D eigenvalue weighted by Crippen LogP contribution is -2.28. The molecule has 3 nitrogen and oxygen atoms in total. The van der Waals surface area contributed by atoms with Gasteiger partial charge in [0, 0.05) is 29.0 Å². The summed E-state index contributed by atoms with van der Waals surface area (Å²) >= 11 is 6.27. The number of carbonyl (C=O) groups excluding carboxylic acids is 1. The van der Waals surface area contributed by atoms with Crippen LogP contribution in [0.25, 0.3) is 21.9 Å². The lowest BCUT2D eigenvalue weighted by Gasteiger charge is -2.37. The number of ketones is 1. The number of fused-ring (bicyclic) bond motifs is 1. The van der Waals surface area contributed by atoms with E-state index in [1.54, 1.807) is 6.20 Å².